The lowest BCUT2D eigenvalue weighted by Crippen LogP contribution is -2.04. The number of pyridine rings is 1. The highest BCUT2D eigenvalue weighted by atomic mass is 19.1. The summed E-state index contributed by atoms with van der Waals surface area (Å²) in [6, 6.07) is 13.0. The highest BCUT2D eigenvalue weighted by Crippen LogP contribution is 2.36. The number of hydrogen-bond acceptors (Lipinski definition) is 4. The number of aromatic nitrogens is 3. The molecule has 0 atom stereocenters. The van der Waals surface area contributed by atoms with E-state index in [0.29, 0.717) is 29.2 Å². The van der Waals surface area contributed by atoms with Crippen LogP contribution in [0.5, 0.6) is 11.5 Å². The van der Waals surface area contributed by atoms with Gasteiger partial charge in [-0.1, -0.05) is 6.07 Å². The first-order valence-corrected chi connectivity index (χ1v) is 9.32. The highest BCUT2D eigenvalue weighted by molar-refractivity contribution is 6.00. The van der Waals surface area contributed by atoms with E-state index in [4.69, 9.17) is 4.74 Å². The zero-order chi connectivity index (χ0) is 20.8. The van der Waals surface area contributed by atoms with Crippen molar-refractivity contribution >= 4 is 28.5 Å². The number of allylic oxidation sites excluding steroid dienone is 1. The van der Waals surface area contributed by atoms with E-state index in [9.17, 15) is 14.3 Å². The lowest BCUT2D eigenvalue weighted by Gasteiger charge is -2.07. The average molecular weight is 401 g/mol. The zero-order valence-corrected chi connectivity index (χ0v) is 16.0. The van der Waals surface area contributed by atoms with Gasteiger partial charge in [0.05, 0.1) is 22.5 Å². The van der Waals surface area contributed by atoms with Crippen LogP contribution < -0.4 is 4.74 Å². The number of carboxylic acids is 1. The minimum Gasteiger partial charge on any atom is -0.478 e. The quantitative estimate of drug-likeness (QED) is 0.537. The van der Waals surface area contributed by atoms with E-state index in [1.165, 1.54) is 24.4 Å². The average Bonchev–Trinajstić information content (AvgIpc) is 3.26. The first-order chi connectivity index (χ1) is 14.5. The number of benzene rings is 2. The lowest BCUT2D eigenvalue weighted by atomic mass is 10.0. The lowest BCUT2D eigenvalue weighted by molar-refractivity contribution is 0.0695. The van der Waals surface area contributed by atoms with E-state index in [2.05, 4.69) is 10.1 Å². The van der Waals surface area contributed by atoms with Gasteiger partial charge in [0, 0.05) is 37.2 Å². The molecule has 0 spiro atoms. The monoisotopic (exact) mass is 401 g/mol. The first kappa shape index (κ1) is 18.1. The third kappa shape index (κ3) is 3.00. The molecule has 0 saturated heterocycles. The topological polar surface area (TPSA) is 77.2 Å². The standard InChI is InChI=1S/C23H16FN3O3/c1-27-22(13-9-19-17(23(28)29)7-8-25-20(19)10-13)18-6-5-16(12-21(18)26-27)30-15-4-2-3-14(24)11-15/h2-8,10-12H,9H2,1H3,(H,28,29). The van der Waals surface area contributed by atoms with Crippen molar-refractivity contribution in [2.75, 3.05) is 0 Å². The fourth-order valence-electron chi connectivity index (χ4n) is 3.87. The van der Waals surface area contributed by atoms with Crippen molar-refractivity contribution in [1.29, 1.82) is 0 Å². The molecule has 2 heterocycles. The highest BCUT2D eigenvalue weighted by Gasteiger charge is 2.24. The summed E-state index contributed by atoms with van der Waals surface area (Å²) in [5.74, 6) is -0.365. The minimum atomic E-state index is -0.961. The predicted molar refractivity (Wildman–Crippen MR) is 110 cm³/mol. The Labute approximate surface area is 170 Å². The second-order valence-electron chi connectivity index (χ2n) is 7.08. The van der Waals surface area contributed by atoms with Crippen molar-refractivity contribution in [3.8, 4) is 11.5 Å². The molecule has 0 bridgehead atoms. The fraction of sp³-hybridized carbons (Fsp3) is 0.0870. The summed E-state index contributed by atoms with van der Waals surface area (Å²) >= 11 is 0. The first-order valence-electron chi connectivity index (χ1n) is 9.32. The normalized spacial score (nSPS) is 12.7. The number of carboxylic acid groups (broad SMARTS) is 1. The number of fused-ring (bicyclic) bond motifs is 2. The maximum absolute atomic E-state index is 13.4. The molecule has 1 N–H and O–H groups in total. The van der Waals surface area contributed by atoms with Gasteiger partial charge in [-0.3, -0.25) is 9.67 Å². The Bertz CT molecular complexity index is 1360. The molecule has 1 aliphatic carbocycles. The molecular weight excluding hydrogens is 385 g/mol. The molecule has 4 aromatic rings. The van der Waals surface area contributed by atoms with E-state index >= 15 is 0 Å². The third-order valence-electron chi connectivity index (χ3n) is 5.14. The van der Waals surface area contributed by atoms with Gasteiger partial charge in [-0.2, -0.15) is 5.10 Å². The van der Waals surface area contributed by atoms with Gasteiger partial charge in [-0.15, -0.1) is 0 Å². The van der Waals surface area contributed by atoms with Gasteiger partial charge in [0.15, 0.2) is 0 Å². The summed E-state index contributed by atoms with van der Waals surface area (Å²) in [4.78, 5) is 15.9. The summed E-state index contributed by atoms with van der Waals surface area (Å²) in [7, 11) is 1.85. The summed E-state index contributed by atoms with van der Waals surface area (Å²) in [5, 5.41) is 15.0. The number of rotatable bonds is 4. The van der Waals surface area contributed by atoms with E-state index in [-0.39, 0.29) is 11.4 Å². The van der Waals surface area contributed by atoms with Gasteiger partial charge in [0.1, 0.15) is 17.3 Å². The molecule has 6 nitrogen and oxygen atoms in total. The van der Waals surface area contributed by atoms with Gasteiger partial charge in [0.25, 0.3) is 0 Å². The van der Waals surface area contributed by atoms with Crippen LogP contribution in [0, 0.1) is 5.82 Å². The molecular formula is C23H16FN3O3. The number of ether oxygens (including phenoxy) is 1. The summed E-state index contributed by atoms with van der Waals surface area (Å²) < 4.78 is 20.9. The van der Waals surface area contributed by atoms with Crippen LogP contribution in [-0.4, -0.2) is 25.8 Å². The predicted octanol–water partition coefficient (Wildman–Crippen LogP) is 4.69. The zero-order valence-electron chi connectivity index (χ0n) is 16.0. The Balaban J connectivity index is 1.51. The molecule has 148 valence electrons. The molecule has 2 aromatic heterocycles. The van der Waals surface area contributed by atoms with E-state index in [1.807, 2.05) is 25.3 Å². The molecule has 1 aliphatic rings. The molecule has 30 heavy (non-hydrogen) atoms. The molecule has 5 rings (SSSR count). The maximum Gasteiger partial charge on any atom is 0.336 e. The van der Waals surface area contributed by atoms with E-state index in [1.54, 1.807) is 22.9 Å². The Morgan fingerprint density at radius 2 is 2.00 bits per heavy atom. The van der Waals surface area contributed by atoms with Crippen LogP contribution in [-0.2, 0) is 13.5 Å². The number of carbonyl (C=O) groups is 1. The summed E-state index contributed by atoms with van der Waals surface area (Å²) in [5.41, 5.74) is 4.23. The van der Waals surface area contributed by atoms with Crippen LogP contribution in [0.4, 0.5) is 4.39 Å². The summed E-state index contributed by atoms with van der Waals surface area (Å²) in [6.45, 7) is 0. The van der Waals surface area contributed by atoms with Crippen molar-refractivity contribution < 1.29 is 19.0 Å². The number of nitrogens with zero attached hydrogens (tertiary/aromatic N) is 3. The molecule has 0 radical (unpaired) electrons. The van der Waals surface area contributed by atoms with Crippen molar-refractivity contribution in [2.45, 2.75) is 6.42 Å². The van der Waals surface area contributed by atoms with Crippen molar-refractivity contribution in [3.63, 3.8) is 0 Å². The van der Waals surface area contributed by atoms with E-state index < -0.39 is 5.97 Å². The molecule has 0 fully saturated rings. The number of aryl methyl sites for hydroxylation is 1. The fourth-order valence-corrected chi connectivity index (χ4v) is 3.87. The van der Waals surface area contributed by atoms with Crippen LogP contribution in [0.25, 0.3) is 22.6 Å². The van der Waals surface area contributed by atoms with Crippen LogP contribution in [0.3, 0.4) is 0 Å². The molecule has 0 amide bonds. The van der Waals surface area contributed by atoms with Gasteiger partial charge >= 0.3 is 5.97 Å². The molecule has 2 aromatic carbocycles. The number of hydrogen-bond donors (Lipinski definition) is 1. The van der Waals surface area contributed by atoms with Crippen LogP contribution >= 0.6 is 0 Å². The van der Waals surface area contributed by atoms with Crippen molar-refractivity contribution in [2.24, 2.45) is 7.05 Å². The number of aromatic carboxylic acids is 1. The van der Waals surface area contributed by atoms with Crippen molar-refractivity contribution in [1.82, 2.24) is 14.8 Å². The van der Waals surface area contributed by atoms with E-state index in [0.717, 1.165) is 22.2 Å². The minimum absolute atomic E-state index is 0.267. The van der Waals surface area contributed by atoms with Gasteiger partial charge in [-0.05, 0) is 47.5 Å². The molecule has 7 heteroatoms. The SMILES string of the molecule is Cn1nc2cc(Oc3cccc(F)c3)ccc2c1C1=Cc2nccc(C(=O)O)c2C1. The molecule has 0 aliphatic heterocycles. The van der Waals surface area contributed by atoms with Gasteiger partial charge in [0.2, 0.25) is 0 Å². The van der Waals surface area contributed by atoms with Crippen LogP contribution in [0.1, 0.15) is 27.3 Å². The molecule has 0 saturated carbocycles. The summed E-state index contributed by atoms with van der Waals surface area (Å²) in [6.07, 6.45) is 3.90. The second kappa shape index (κ2) is 6.81. The maximum atomic E-state index is 13.4. The Kier molecular flexibility index (Phi) is 4.10. The van der Waals surface area contributed by atoms with Gasteiger partial charge < -0.3 is 9.84 Å². The smallest absolute Gasteiger partial charge is 0.336 e. The third-order valence-corrected chi connectivity index (χ3v) is 5.14. The van der Waals surface area contributed by atoms with Gasteiger partial charge in [-0.25, -0.2) is 9.18 Å². The largest absolute Gasteiger partial charge is 0.478 e. The Hall–Kier alpha value is -4.00. The molecule has 0 unspecified atom stereocenters. The van der Waals surface area contributed by atoms with Crippen molar-refractivity contribution in [3.05, 3.63) is 83.1 Å². The number of halogens is 1. The Morgan fingerprint density at radius 3 is 2.80 bits per heavy atom. The van der Waals surface area contributed by atoms with Crippen LogP contribution in [0.2, 0.25) is 0 Å². The van der Waals surface area contributed by atoms with Crippen LogP contribution in [0.15, 0.2) is 54.7 Å². The Morgan fingerprint density at radius 1 is 1.17 bits per heavy atom. The second-order valence-corrected chi connectivity index (χ2v) is 7.08.